The summed E-state index contributed by atoms with van der Waals surface area (Å²) in [4.78, 5) is 36.9. The minimum absolute atomic E-state index is 0.150. The molecule has 17 nitrogen and oxygen atoms in total. The van der Waals surface area contributed by atoms with Gasteiger partial charge in [-0.05, 0) is 78.0 Å². The molecule has 0 unspecified atom stereocenters. The third-order valence-corrected chi connectivity index (χ3v) is 8.42. The van der Waals surface area contributed by atoms with Crippen LogP contribution in [0.4, 0.5) is 17.5 Å². The number of imidazole rings is 1. The van der Waals surface area contributed by atoms with Gasteiger partial charge in [0.05, 0.1) is 41.4 Å². The van der Waals surface area contributed by atoms with Crippen molar-refractivity contribution < 1.29 is 0 Å². The van der Waals surface area contributed by atoms with Crippen LogP contribution >= 0.6 is 11.6 Å². The molecule has 1 aliphatic carbocycles. The Bertz CT molecular complexity index is 2360. The topological polar surface area (TPSA) is 235 Å². The highest BCUT2D eigenvalue weighted by Gasteiger charge is 2.20. The maximum Gasteiger partial charge on any atom is 0.226 e. The quantitative estimate of drug-likeness (QED) is 0.176. The van der Waals surface area contributed by atoms with Crippen LogP contribution in [0, 0.1) is 12.8 Å². The van der Waals surface area contributed by atoms with E-state index in [9.17, 15) is 0 Å². The van der Waals surface area contributed by atoms with Crippen molar-refractivity contribution in [3.63, 3.8) is 0 Å². The first-order valence-corrected chi connectivity index (χ1v) is 17.6. The lowest BCUT2D eigenvalue weighted by molar-refractivity contribution is 0.546. The number of nitrogen functional groups attached to an aromatic ring is 3. The van der Waals surface area contributed by atoms with Crippen LogP contribution in [-0.2, 0) is 6.42 Å². The van der Waals surface area contributed by atoms with Crippen molar-refractivity contribution in [1.29, 1.82) is 0 Å². The molecule has 1 aliphatic rings. The molecule has 0 amide bonds. The summed E-state index contributed by atoms with van der Waals surface area (Å²) in [6.07, 6.45) is 13.0. The van der Waals surface area contributed by atoms with Crippen molar-refractivity contribution in [1.82, 2.24) is 69.0 Å². The third-order valence-electron chi connectivity index (χ3n) is 8.25. The number of allylic oxidation sites excluding steroid dienone is 2. The lowest BCUT2D eigenvalue weighted by Gasteiger charge is -2.08. The van der Waals surface area contributed by atoms with Gasteiger partial charge in [-0.2, -0.15) is 15.2 Å². The number of halogens is 1. The van der Waals surface area contributed by atoms with E-state index >= 15 is 0 Å². The highest BCUT2D eigenvalue weighted by atomic mass is 35.5. The van der Waals surface area contributed by atoms with Crippen LogP contribution in [0.1, 0.15) is 90.6 Å². The first-order valence-electron chi connectivity index (χ1n) is 17.2. The van der Waals surface area contributed by atoms with Gasteiger partial charge < -0.3 is 21.8 Å². The van der Waals surface area contributed by atoms with E-state index in [1.165, 1.54) is 18.2 Å². The van der Waals surface area contributed by atoms with Crippen LogP contribution in [0.5, 0.6) is 0 Å². The Balaban J connectivity index is 0.000000136. The number of anilines is 3. The summed E-state index contributed by atoms with van der Waals surface area (Å²) in [5, 5.41) is 10.1. The Morgan fingerprint density at radius 1 is 0.642 bits per heavy atom. The van der Waals surface area contributed by atoms with Crippen molar-refractivity contribution in [2.45, 2.75) is 86.9 Å². The number of rotatable bonds is 4. The van der Waals surface area contributed by atoms with Gasteiger partial charge in [-0.3, -0.25) is 0 Å². The zero-order chi connectivity index (χ0) is 38.6. The van der Waals surface area contributed by atoms with Crippen LogP contribution in [0.15, 0.2) is 43.6 Å². The van der Waals surface area contributed by atoms with Crippen molar-refractivity contribution in [2.75, 3.05) is 17.2 Å². The zero-order valence-corrected chi connectivity index (χ0v) is 32.2. The molecular formula is C35H46ClN17. The predicted molar refractivity (Wildman–Crippen MR) is 209 cm³/mol. The van der Waals surface area contributed by atoms with Crippen molar-refractivity contribution >= 4 is 67.9 Å². The molecule has 278 valence electrons. The Kier molecular flexibility index (Phi) is 11.8. The van der Waals surface area contributed by atoms with E-state index in [4.69, 9.17) is 28.8 Å². The molecule has 0 bridgehead atoms. The Labute approximate surface area is 312 Å². The van der Waals surface area contributed by atoms with Crippen LogP contribution in [0.3, 0.4) is 0 Å². The molecular weight excluding hydrogens is 694 g/mol. The summed E-state index contributed by atoms with van der Waals surface area (Å²) in [5.74, 6) is 2.77. The second-order valence-corrected chi connectivity index (χ2v) is 13.8. The number of nitrogens with two attached hydrogens (primary N) is 3. The SMILES string of the molecule is CC(C)C1=CCc2c(N)ncnc21.CC(C)n1ncc2c(N)nc(Cl)nc21.CC(C)n1ncc2c(N)ncnc21.Cc1ncc2ncn(C(C)C)c2n1. The number of fused-ring (bicyclic) bond motifs is 4. The maximum atomic E-state index is 5.75. The first-order chi connectivity index (χ1) is 25.2. The summed E-state index contributed by atoms with van der Waals surface area (Å²) in [6, 6.07) is 0.893. The van der Waals surface area contributed by atoms with Gasteiger partial charge in [0.15, 0.2) is 16.9 Å². The molecule has 0 radical (unpaired) electrons. The molecule has 18 heteroatoms. The molecule has 6 N–H and O–H groups in total. The molecule has 7 heterocycles. The summed E-state index contributed by atoms with van der Waals surface area (Å²) >= 11 is 5.71. The van der Waals surface area contributed by atoms with E-state index in [0.29, 0.717) is 35.1 Å². The molecule has 0 saturated heterocycles. The molecule has 0 atom stereocenters. The van der Waals surface area contributed by atoms with Gasteiger partial charge in [0, 0.05) is 23.7 Å². The van der Waals surface area contributed by atoms with Crippen LogP contribution < -0.4 is 17.2 Å². The average Bonchev–Trinajstić information content (AvgIpc) is 3.90. The number of hydrogen-bond donors (Lipinski definition) is 3. The van der Waals surface area contributed by atoms with Gasteiger partial charge in [-0.25, -0.2) is 49.2 Å². The fraction of sp³-hybridized carbons (Fsp3) is 0.400. The average molecular weight is 740 g/mol. The second-order valence-electron chi connectivity index (χ2n) is 13.5. The van der Waals surface area contributed by atoms with Crippen molar-refractivity contribution in [2.24, 2.45) is 5.92 Å². The third kappa shape index (κ3) is 8.46. The molecule has 7 aromatic rings. The van der Waals surface area contributed by atoms with Gasteiger partial charge in [0.1, 0.15) is 41.4 Å². The van der Waals surface area contributed by atoms with E-state index in [-0.39, 0.29) is 17.4 Å². The monoisotopic (exact) mass is 739 g/mol. The standard InChI is InChI=1S/C10H13N3.C9H12N4.C8H10ClN5.C8H11N5/c1-6(2)7-3-4-8-9(7)12-5-13-10(8)11;1-6(2)13-5-11-8-4-10-7(3)12-9(8)13;1-4(2)14-7-5(3-11-14)6(10)12-8(9)13-7;1-5(2)13-8-6(3-12-13)7(9)10-4-11-8/h3,5-6H,4H2,1-2H3,(H2,11,12,13);4-6H,1-3H3;3-4H,1-2H3,(H2,10,12,13);3-5H,1-2H3,(H2,9,10,11). The Morgan fingerprint density at radius 3 is 1.91 bits per heavy atom. The van der Waals surface area contributed by atoms with E-state index in [2.05, 4.69) is 88.8 Å². The summed E-state index contributed by atoms with van der Waals surface area (Å²) in [7, 11) is 0. The van der Waals surface area contributed by atoms with Gasteiger partial charge in [-0.1, -0.05) is 19.9 Å². The van der Waals surface area contributed by atoms with Crippen LogP contribution in [0.25, 0.3) is 38.8 Å². The van der Waals surface area contributed by atoms with Crippen molar-refractivity contribution in [3.05, 3.63) is 66.0 Å². The molecule has 53 heavy (non-hydrogen) atoms. The smallest absolute Gasteiger partial charge is 0.226 e. The van der Waals surface area contributed by atoms with Crippen molar-refractivity contribution in [3.8, 4) is 0 Å². The second kappa shape index (κ2) is 16.2. The van der Waals surface area contributed by atoms with Gasteiger partial charge in [0.25, 0.3) is 0 Å². The summed E-state index contributed by atoms with van der Waals surface area (Å²) in [5.41, 5.74) is 23.8. The largest absolute Gasteiger partial charge is 0.383 e. The molecule has 0 saturated carbocycles. The first kappa shape index (κ1) is 38.4. The highest BCUT2D eigenvalue weighted by Crippen LogP contribution is 2.32. The number of nitrogens with zero attached hydrogens (tertiary/aromatic N) is 14. The summed E-state index contributed by atoms with van der Waals surface area (Å²) in [6.45, 7) is 18.6. The maximum absolute atomic E-state index is 5.75. The normalized spacial score (nSPS) is 12.2. The predicted octanol–water partition coefficient (Wildman–Crippen LogP) is 6.00. The molecule has 7 aromatic heterocycles. The number of aryl methyl sites for hydroxylation is 1. The minimum Gasteiger partial charge on any atom is -0.383 e. The van der Waals surface area contributed by atoms with Gasteiger partial charge in [-0.15, -0.1) is 0 Å². The van der Waals surface area contributed by atoms with Gasteiger partial charge in [0.2, 0.25) is 5.28 Å². The van der Waals surface area contributed by atoms with Gasteiger partial charge >= 0.3 is 0 Å². The van der Waals surface area contributed by atoms with E-state index in [1.54, 1.807) is 23.3 Å². The molecule has 0 aliphatic heterocycles. The number of aromatic nitrogens is 14. The van der Waals surface area contributed by atoms with Crippen LogP contribution in [-0.4, -0.2) is 69.0 Å². The summed E-state index contributed by atoms with van der Waals surface area (Å²) < 4.78 is 5.64. The lowest BCUT2D eigenvalue weighted by Crippen LogP contribution is -2.04. The fourth-order valence-corrected chi connectivity index (χ4v) is 5.71. The molecule has 0 fully saturated rings. The lowest BCUT2D eigenvalue weighted by atomic mass is 10.0. The van der Waals surface area contributed by atoms with Crippen LogP contribution in [0.2, 0.25) is 5.28 Å². The molecule has 8 rings (SSSR count). The fourth-order valence-electron chi connectivity index (χ4n) is 5.54. The Hall–Kier alpha value is -5.84. The zero-order valence-electron chi connectivity index (χ0n) is 31.4. The number of hydrogen-bond acceptors (Lipinski definition) is 14. The highest BCUT2D eigenvalue weighted by molar-refractivity contribution is 6.28. The molecule has 0 spiro atoms. The molecule has 0 aromatic carbocycles. The van der Waals surface area contributed by atoms with E-state index in [0.717, 1.165) is 51.1 Å². The van der Waals surface area contributed by atoms with E-state index in [1.807, 2.05) is 50.2 Å². The van der Waals surface area contributed by atoms with E-state index < -0.39 is 0 Å². The Morgan fingerprint density at radius 2 is 1.26 bits per heavy atom. The minimum atomic E-state index is 0.150.